The summed E-state index contributed by atoms with van der Waals surface area (Å²) in [4.78, 5) is 2.69. The van der Waals surface area contributed by atoms with Crippen molar-refractivity contribution in [1.82, 2.24) is 0 Å². The van der Waals surface area contributed by atoms with E-state index in [9.17, 15) is 0 Å². The minimum absolute atomic E-state index is 0. The fourth-order valence-corrected chi connectivity index (χ4v) is 2.72. The summed E-state index contributed by atoms with van der Waals surface area (Å²) in [6.45, 7) is 0. The highest BCUT2D eigenvalue weighted by Gasteiger charge is 2.01. The molecule has 2 aromatic heterocycles. The molecule has 0 saturated carbocycles. The van der Waals surface area contributed by atoms with E-state index in [0.717, 1.165) is 0 Å². The average Bonchev–Trinajstić information content (AvgIpc) is 2.75. The topological polar surface area (TPSA) is 12.0 Å². The molecule has 1 nitrogen and oxygen atoms in total. The van der Waals surface area contributed by atoms with Gasteiger partial charge in [0.1, 0.15) is 0 Å². The zero-order chi connectivity index (χ0) is 8.39. The Morgan fingerprint density at radius 2 is 2.00 bits per heavy atom. The summed E-state index contributed by atoms with van der Waals surface area (Å²) >= 11 is 3.57. The van der Waals surface area contributed by atoms with Crippen LogP contribution >= 0.6 is 46.7 Å². The van der Waals surface area contributed by atoms with Crippen LogP contribution in [0.15, 0.2) is 29.6 Å². The molecule has 0 aliphatic heterocycles. The molecule has 2 aromatic rings. The van der Waals surface area contributed by atoms with Crippen molar-refractivity contribution in [3.05, 3.63) is 29.6 Å². The SMILES string of the molecule is CNc1ccc(-c2cccs2)s1.I. The summed E-state index contributed by atoms with van der Waals surface area (Å²) in [6.07, 6.45) is 0. The predicted octanol–water partition coefficient (Wildman–Crippen LogP) is 4.14. The second-order valence-corrected chi connectivity index (χ2v) is 4.42. The molecule has 1 N–H and O–H groups in total. The molecule has 0 aliphatic carbocycles. The van der Waals surface area contributed by atoms with Gasteiger partial charge in [0.05, 0.1) is 5.00 Å². The Balaban J connectivity index is 0.000000845. The van der Waals surface area contributed by atoms with Crippen LogP contribution in [0.25, 0.3) is 9.75 Å². The quantitative estimate of drug-likeness (QED) is 0.819. The van der Waals surface area contributed by atoms with Crippen molar-refractivity contribution in [2.45, 2.75) is 0 Å². The lowest BCUT2D eigenvalue weighted by Crippen LogP contribution is -1.79. The van der Waals surface area contributed by atoms with Crippen molar-refractivity contribution in [3.63, 3.8) is 0 Å². The van der Waals surface area contributed by atoms with Gasteiger partial charge in [0.2, 0.25) is 0 Å². The summed E-state index contributed by atoms with van der Waals surface area (Å²) in [7, 11) is 1.95. The first kappa shape index (κ1) is 11.0. The summed E-state index contributed by atoms with van der Waals surface area (Å²) in [5.74, 6) is 0. The molecule has 70 valence electrons. The van der Waals surface area contributed by atoms with Crippen LogP contribution in [-0.4, -0.2) is 7.05 Å². The number of halogens is 1. The van der Waals surface area contributed by atoms with Crippen LogP contribution in [0.5, 0.6) is 0 Å². The fraction of sp³-hybridized carbons (Fsp3) is 0.111. The van der Waals surface area contributed by atoms with Crippen molar-refractivity contribution in [1.29, 1.82) is 0 Å². The van der Waals surface area contributed by atoms with E-state index in [4.69, 9.17) is 0 Å². The van der Waals surface area contributed by atoms with E-state index in [1.54, 1.807) is 22.7 Å². The highest BCUT2D eigenvalue weighted by Crippen LogP contribution is 2.33. The van der Waals surface area contributed by atoms with Crippen LogP contribution in [0.4, 0.5) is 5.00 Å². The van der Waals surface area contributed by atoms with E-state index in [2.05, 4.69) is 35.0 Å². The first-order chi connectivity index (χ1) is 5.90. The molecular formula is C9H10INS2. The second kappa shape index (κ2) is 4.97. The van der Waals surface area contributed by atoms with Crippen molar-refractivity contribution >= 4 is 51.7 Å². The van der Waals surface area contributed by atoms with Crippen LogP contribution in [0, 0.1) is 0 Å². The Labute approximate surface area is 103 Å². The van der Waals surface area contributed by atoms with Gasteiger partial charge in [-0.15, -0.1) is 46.7 Å². The molecule has 0 amide bonds. The molecule has 0 spiro atoms. The summed E-state index contributed by atoms with van der Waals surface area (Å²) in [5.41, 5.74) is 0. The highest BCUT2D eigenvalue weighted by atomic mass is 127. The number of thiophene rings is 2. The maximum absolute atomic E-state index is 3.13. The Kier molecular flexibility index (Phi) is 4.21. The van der Waals surface area contributed by atoms with Crippen molar-refractivity contribution in [2.24, 2.45) is 0 Å². The van der Waals surface area contributed by atoms with Gasteiger partial charge >= 0.3 is 0 Å². The van der Waals surface area contributed by atoms with Gasteiger partial charge in [-0.3, -0.25) is 0 Å². The van der Waals surface area contributed by atoms with E-state index in [1.165, 1.54) is 14.8 Å². The van der Waals surface area contributed by atoms with E-state index in [1.807, 2.05) is 7.05 Å². The number of anilines is 1. The predicted molar refractivity (Wildman–Crippen MR) is 72.6 cm³/mol. The third kappa shape index (κ3) is 2.45. The first-order valence-corrected chi connectivity index (χ1v) is 5.41. The second-order valence-electron chi connectivity index (χ2n) is 2.39. The van der Waals surface area contributed by atoms with Crippen molar-refractivity contribution < 1.29 is 0 Å². The van der Waals surface area contributed by atoms with E-state index < -0.39 is 0 Å². The van der Waals surface area contributed by atoms with Crippen LogP contribution < -0.4 is 5.32 Å². The first-order valence-electron chi connectivity index (χ1n) is 3.71. The van der Waals surface area contributed by atoms with E-state index >= 15 is 0 Å². The van der Waals surface area contributed by atoms with Crippen LogP contribution in [0.2, 0.25) is 0 Å². The molecule has 0 atom stereocenters. The lowest BCUT2D eigenvalue weighted by molar-refractivity contribution is 1.60. The zero-order valence-corrected chi connectivity index (χ0v) is 11.1. The third-order valence-electron chi connectivity index (χ3n) is 1.62. The molecule has 0 aromatic carbocycles. The Bertz CT molecular complexity index is 353. The van der Waals surface area contributed by atoms with Crippen molar-refractivity contribution in [2.75, 3.05) is 12.4 Å². The maximum Gasteiger partial charge on any atom is 0.0886 e. The van der Waals surface area contributed by atoms with Gasteiger partial charge in [0, 0.05) is 16.8 Å². The molecular weight excluding hydrogens is 313 g/mol. The average molecular weight is 323 g/mol. The molecule has 0 aliphatic rings. The molecule has 0 radical (unpaired) electrons. The van der Waals surface area contributed by atoms with Gasteiger partial charge in [-0.2, -0.15) is 0 Å². The Morgan fingerprint density at radius 3 is 2.54 bits per heavy atom. The lowest BCUT2D eigenvalue weighted by Gasteiger charge is -1.90. The molecule has 2 rings (SSSR count). The molecule has 4 heteroatoms. The van der Waals surface area contributed by atoms with E-state index in [-0.39, 0.29) is 24.0 Å². The Morgan fingerprint density at radius 1 is 1.15 bits per heavy atom. The molecule has 2 heterocycles. The fourth-order valence-electron chi connectivity index (χ4n) is 1.02. The van der Waals surface area contributed by atoms with Gasteiger partial charge in [-0.05, 0) is 23.6 Å². The standard InChI is InChI=1S/C9H9NS2.HI/c1-10-9-5-4-8(12-9)7-3-2-6-11-7;/h2-6,10H,1H3;1H. The number of rotatable bonds is 2. The summed E-state index contributed by atoms with van der Waals surface area (Å²) in [5, 5.41) is 6.46. The summed E-state index contributed by atoms with van der Waals surface area (Å²) < 4.78 is 0. The van der Waals surface area contributed by atoms with Crippen LogP contribution in [0.3, 0.4) is 0 Å². The number of nitrogens with one attached hydrogen (secondary N) is 1. The molecule has 0 unspecified atom stereocenters. The van der Waals surface area contributed by atoms with Gasteiger partial charge in [0.15, 0.2) is 0 Å². The third-order valence-corrected chi connectivity index (χ3v) is 3.78. The molecule has 0 saturated heterocycles. The normalized spacial score (nSPS) is 9.31. The highest BCUT2D eigenvalue weighted by molar-refractivity contribution is 14.0. The van der Waals surface area contributed by atoms with Crippen LogP contribution in [0.1, 0.15) is 0 Å². The number of hydrogen-bond acceptors (Lipinski definition) is 3. The minimum Gasteiger partial charge on any atom is -0.380 e. The van der Waals surface area contributed by atoms with Gasteiger partial charge in [0.25, 0.3) is 0 Å². The molecule has 0 bridgehead atoms. The van der Waals surface area contributed by atoms with Crippen LogP contribution in [-0.2, 0) is 0 Å². The smallest absolute Gasteiger partial charge is 0.0886 e. The van der Waals surface area contributed by atoms with Gasteiger partial charge in [-0.25, -0.2) is 0 Å². The summed E-state index contributed by atoms with van der Waals surface area (Å²) in [6, 6.07) is 8.50. The molecule has 13 heavy (non-hydrogen) atoms. The number of hydrogen-bond donors (Lipinski definition) is 1. The van der Waals surface area contributed by atoms with Crippen molar-refractivity contribution in [3.8, 4) is 9.75 Å². The van der Waals surface area contributed by atoms with Gasteiger partial charge in [-0.1, -0.05) is 6.07 Å². The maximum atomic E-state index is 3.13. The van der Waals surface area contributed by atoms with E-state index in [0.29, 0.717) is 0 Å². The van der Waals surface area contributed by atoms with Gasteiger partial charge < -0.3 is 5.32 Å². The zero-order valence-electron chi connectivity index (χ0n) is 7.11. The molecule has 0 fully saturated rings. The lowest BCUT2D eigenvalue weighted by atomic mass is 10.4. The Hall–Kier alpha value is -0.0700. The monoisotopic (exact) mass is 323 g/mol. The minimum atomic E-state index is 0. The largest absolute Gasteiger partial charge is 0.380 e.